The molecule has 1 fully saturated rings. The lowest BCUT2D eigenvalue weighted by molar-refractivity contribution is -0.133. The first-order chi connectivity index (χ1) is 11.5. The highest BCUT2D eigenvalue weighted by Gasteiger charge is 2.42. The lowest BCUT2D eigenvalue weighted by Crippen LogP contribution is -2.30. The molecule has 1 saturated carbocycles. The van der Waals surface area contributed by atoms with Gasteiger partial charge in [0.25, 0.3) is 0 Å². The molecular weight excluding hydrogens is 436 g/mol. The van der Waals surface area contributed by atoms with E-state index in [0.29, 0.717) is 11.1 Å². The Labute approximate surface area is 158 Å². The molecule has 2 aromatic carbocycles. The molecule has 0 aliphatic heterocycles. The lowest BCUT2D eigenvalue weighted by Gasteiger charge is -2.27. The van der Waals surface area contributed by atoms with Crippen molar-refractivity contribution in [2.45, 2.75) is 25.0 Å². The van der Waals surface area contributed by atoms with Gasteiger partial charge in [0.2, 0.25) is 0 Å². The molecule has 1 aliphatic rings. The Morgan fingerprint density at radius 2 is 1.21 bits per heavy atom. The predicted octanol–water partition coefficient (Wildman–Crippen LogP) is 4.57. The summed E-state index contributed by atoms with van der Waals surface area (Å²) >= 11 is 6.73. The van der Waals surface area contributed by atoms with Crippen molar-refractivity contribution in [1.82, 2.24) is 0 Å². The second kappa shape index (κ2) is 7.48. The monoisotopic (exact) mass is 452 g/mol. The first-order valence-corrected chi connectivity index (χ1v) is 9.47. The van der Waals surface area contributed by atoms with Gasteiger partial charge < -0.3 is 10.2 Å². The highest BCUT2D eigenvalue weighted by molar-refractivity contribution is 9.10. The Morgan fingerprint density at radius 1 is 0.833 bits per heavy atom. The van der Waals surface area contributed by atoms with Crippen LogP contribution in [0.2, 0.25) is 0 Å². The Bertz CT molecular complexity index is 657. The van der Waals surface area contributed by atoms with Crippen LogP contribution < -0.4 is 0 Å². The molecule has 0 radical (unpaired) electrons. The molecule has 3 nitrogen and oxygen atoms in total. The van der Waals surface area contributed by atoms with E-state index in [9.17, 15) is 15.0 Å². The minimum absolute atomic E-state index is 0.0369. The molecule has 2 atom stereocenters. The summed E-state index contributed by atoms with van der Waals surface area (Å²) in [6, 6.07) is 14.4. The highest BCUT2D eigenvalue weighted by atomic mass is 79.9. The van der Waals surface area contributed by atoms with Crippen LogP contribution in [-0.4, -0.2) is 16.0 Å². The van der Waals surface area contributed by atoms with Crippen LogP contribution in [0.3, 0.4) is 0 Å². The molecule has 3 rings (SSSR count). The summed E-state index contributed by atoms with van der Waals surface area (Å²) in [7, 11) is 0. The maximum Gasteiger partial charge on any atom is 0.144 e. The van der Waals surface area contributed by atoms with Crippen molar-refractivity contribution in [3.05, 3.63) is 68.6 Å². The third-order valence-electron chi connectivity index (χ3n) is 4.41. The molecule has 0 bridgehead atoms. The van der Waals surface area contributed by atoms with Crippen molar-refractivity contribution >= 4 is 37.6 Å². The molecule has 0 unspecified atom stereocenters. The van der Waals surface area contributed by atoms with Gasteiger partial charge in [-0.3, -0.25) is 4.79 Å². The molecule has 0 aromatic heterocycles. The molecule has 0 heterocycles. The molecule has 1 aliphatic carbocycles. The van der Waals surface area contributed by atoms with Gasteiger partial charge in [-0.1, -0.05) is 56.1 Å². The van der Waals surface area contributed by atoms with E-state index < -0.39 is 18.1 Å². The number of aliphatic hydroxyl groups is 2. The molecule has 0 spiro atoms. The Morgan fingerprint density at radius 3 is 1.54 bits per heavy atom. The fraction of sp³-hybridized carbons (Fsp3) is 0.316. The number of hydrogen-bond acceptors (Lipinski definition) is 3. The molecule has 2 N–H and O–H groups in total. The van der Waals surface area contributed by atoms with Gasteiger partial charge in [0, 0.05) is 14.9 Å². The number of ketones is 1. The van der Waals surface area contributed by atoms with Gasteiger partial charge >= 0.3 is 0 Å². The Hall–Kier alpha value is -1.01. The van der Waals surface area contributed by atoms with Crippen molar-refractivity contribution in [1.29, 1.82) is 0 Å². The largest absolute Gasteiger partial charge is 0.388 e. The zero-order valence-electron chi connectivity index (χ0n) is 12.9. The molecule has 5 heteroatoms. The number of rotatable bonds is 6. The molecule has 2 aromatic rings. The highest BCUT2D eigenvalue weighted by Crippen LogP contribution is 2.41. The second-order valence-corrected chi connectivity index (χ2v) is 8.03. The van der Waals surface area contributed by atoms with Gasteiger partial charge in [0.1, 0.15) is 5.78 Å². The fourth-order valence-corrected chi connectivity index (χ4v) is 3.39. The number of hydrogen-bond donors (Lipinski definition) is 2. The number of carbonyl (C=O) groups excluding carboxylic acids is 1. The number of benzene rings is 2. The van der Waals surface area contributed by atoms with Crippen LogP contribution in [-0.2, 0) is 4.79 Å². The first kappa shape index (κ1) is 17.8. The van der Waals surface area contributed by atoms with Crippen LogP contribution in [0, 0.1) is 11.8 Å². The van der Waals surface area contributed by atoms with E-state index in [1.165, 1.54) is 0 Å². The second-order valence-electron chi connectivity index (χ2n) is 6.20. The van der Waals surface area contributed by atoms with E-state index in [0.717, 1.165) is 21.8 Å². The van der Waals surface area contributed by atoms with Crippen molar-refractivity contribution in [3.8, 4) is 0 Å². The lowest BCUT2D eigenvalue weighted by atomic mass is 9.82. The van der Waals surface area contributed by atoms with E-state index in [1.54, 1.807) is 24.3 Å². The summed E-state index contributed by atoms with van der Waals surface area (Å²) in [4.78, 5) is 12.7. The average molecular weight is 454 g/mol. The van der Waals surface area contributed by atoms with Gasteiger partial charge in [0.05, 0.1) is 18.1 Å². The van der Waals surface area contributed by atoms with Crippen LogP contribution in [0.5, 0.6) is 0 Å². The molecule has 0 amide bonds. The first-order valence-electron chi connectivity index (χ1n) is 7.88. The number of aliphatic hydroxyl groups excluding tert-OH is 2. The maximum atomic E-state index is 12.7. The zero-order chi connectivity index (χ0) is 17.3. The van der Waals surface area contributed by atoms with Crippen molar-refractivity contribution in [2.75, 3.05) is 0 Å². The van der Waals surface area contributed by atoms with Crippen LogP contribution in [0.25, 0.3) is 0 Å². The van der Waals surface area contributed by atoms with Crippen LogP contribution >= 0.6 is 31.9 Å². The minimum Gasteiger partial charge on any atom is -0.388 e. The number of Topliss-reactive ketones (excluding diaryl/α,β-unsaturated/α-hetero) is 1. The van der Waals surface area contributed by atoms with E-state index in [2.05, 4.69) is 31.9 Å². The Kier molecular flexibility index (Phi) is 5.55. The number of carbonyl (C=O) groups is 1. The summed E-state index contributed by atoms with van der Waals surface area (Å²) in [5.41, 5.74) is 1.27. The van der Waals surface area contributed by atoms with E-state index >= 15 is 0 Å². The average Bonchev–Trinajstić information content (AvgIpc) is 3.41. The SMILES string of the molecule is O=C(C1CC1)C([C@@H](O)c1ccc(Br)cc1)[C@@H](O)c1ccc(Br)cc1. The van der Waals surface area contributed by atoms with Gasteiger partial charge in [0.15, 0.2) is 0 Å². The molecule has 0 saturated heterocycles. The normalized spacial score (nSPS) is 16.9. The van der Waals surface area contributed by atoms with E-state index in [-0.39, 0.29) is 11.7 Å². The number of halogens is 2. The summed E-state index contributed by atoms with van der Waals surface area (Å²) in [5.74, 6) is -0.953. The van der Waals surface area contributed by atoms with E-state index in [4.69, 9.17) is 0 Å². The minimum atomic E-state index is -1.04. The van der Waals surface area contributed by atoms with Crippen molar-refractivity contribution in [3.63, 3.8) is 0 Å². The van der Waals surface area contributed by atoms with Crippen molar-refractivity contribution < 1.29 is 15.0 Å². The Balaban J connectivity index is 1.91. The van der Waals surface area contributed by atoms with Gasteiger partial charge in [-0.2, -0.15) is 0 Å². The summed E-state index contributed by atoms with van der Waals surface area (Å²) < 4.78 is 1.80. The summed E-state index contributed by atoms with van der Waals surface area (Å²) in [5, 5.41) is 21.6. The predicted molar refractivity (Wildman–Crippen MR) is 99.4 cm³/mol. The quantitative estimate of drug-likeness (QED) is 0.673. The fourth-order valence-electron chi connectivity index (χ4n) is 2.86. The summed E-state index contributed by atoms with van der Waals surface area (Å²) in [6.45, 7) is 0. The molecular formula is C19H18Br2O3. The van der Waals surface area contributed by atoms with Crippen LogP contribution in [0.4, 0.5) is 0 Å². The third-order valence-corrected chi connectivity index (χ3v) is 5.47. The van der Waals surface area contributed by atoms with Gasteiger partial charge in [-0.25, -0.2) is 0 Å². The van der Waals surface area contributed by atoms with Crippen LogP contribution in [0.15, 0.2) is 57.5 Å². The topological polar surface area (TPSA) is 57.5 Å². The van der Waals surface area contributed by atoms with Crippen molar-refractivity contribution in [2.24, 2.45) is 11.8 Å². The summed E-state index contributed by atoms with van der Waals surface area (Å²) in [6.07, 6.45) is -0.389. The molecule has 126 valence electrons. The third kappa shape index (κ3) is 3.97. The zero-order valence-corrected chi connectivity index (χ0v) is 16.1. The van der Waals surface area contributed by atoms with Gasteiger partial charge in [-0.15, -0.1) is 0 Å². The standard InChI is InChI=1S/C19H18Br2O3/c20-14-7-3-12(4-8-14)18(23)16(17(22)11-1-2-11)19(24)13-5-9-15(21)10-6-13/h3-11,16,18-19,23-24H,1-2H2/t18-,19-/m0/s1. The maximum absolute atomic E-state index is 12.7. The van der Waals surface area contributed by atoms with Crippen LogP contribution in [0.1, 0.15) is 36.2 Å². The van der Waals surface area contributed by atoms with E-state index in [1.807, 2.05) is 24.3 Å². The molecule has 24 heavy (non-hydrogen) atoms. The van der Waals surface area contributed by atoms with Gasteiger partial charge in [-0.05, 0) is 48.2 Å². The smallest absolute Gasteiger partial charge is 0.144 e.